The third kappa shape index (κ3) is 3.92. The van der Waals surface area contributed by atoms with Crippen LogP contribution in [0, 0.1) is 0 Å². The maximum Gasteiger partial charge on any atom is 0.337 e. The van der Waals surface area contributed by atoms with Crippen molar-refractivity contribution in [3.63, 3.8) is 0 Å². The molecule has 0 saturated carbocycles. The lowest BCUT2D eigenvalue weighted by Crippen LogP contribution is -2.18. The first kappa shape index (κ1) is 13.2. The van der Waals surface area contributed by atoms with Crippen LogP contribution in [-0.2, 0) is 4.74 Å². The van der Waals surface area contributed by atoms with Gasteiger partial charge in [0.1, 0.15) is 5.82 Å². The van der Waals surface area contributed by atoms with Gasteiger partial charge in [-0.1, -0.05) is 0 Å². The summed E-state index contributed by atoms with van der Waals surface area (Å²) in [4.78, 5) is 14.9. The van der Waals surface area contributed by atoms with E-state index in [9.17, 15) is 4.79 Å². The molecule has 0 fully saturated rings. The highest BCUT2D eigenvalue weighted by molar-refractivity contribution is 5.94. The van der Waals surface area contributed by atoms with Crippen LogP contribution in [0.15, 0.2) is 12.3 Å². The van der Waals surface area contributed by atoms with Crippen LogP contribution in [0.2, 0.25) is 0 Å². The Morgan fingerprint density at radius 3 is 3.00 bits per heavy atom. The average Bonchev–Trinajstić information content (AvgIpc) is 2.28. The van der Waals surface area contributed by atoms with Crippen molar-refractivity contribution in [3.8, 4) is 0 Å². The van der Waals surface area contributed by atoms with E-state index in [1.807, 2.05) is 6.92 Å². The summed E-state index contributed by atoms with van der Waals surface area (Å²) in [7, 11) is 1.64. The number of carbonyl (C=O) groups is 1. The molecular weight excluding hydrogens is 222 g/mol. The number of methoxy groups -OCH3 is 1. The Bertz CT molecular complexity index is 396. The molecule has 0 amide bonds. The summed E-state index contributed by atoms with van der Waals surface area (Å²) >= 11 is 0. The molecule has 0 aromatic carbocycles. The van der Waals surface area contributed by atoms with E-state index in [-0.39, 0.29) is 17.3 Å². The Balaban J connectivity index is 2.72. The zero-order chi connectivity index (χ0) is 12.8. The van der Waals surface area contributed by atoms with Crippen LogP contribution in [0.1, 0.15) is 23.7 Å². The summed E-state index contributed by atoms with van der Waals surface area (Å²) in [6, 6.07) is 1.58. The van der Waals surface area contributed by atoms with Crippen LogP contribution in [-0.4, -0.2) is 35.8 Å². The molecule has 0 spiro atoms. The average molecular weight is 239 g/mol. The fourth-order valence-electron chi connectivity index (χ4n) is 1.35. The molecule has 0 saturated heterocycles. The number of hydrogen-bond acceptors (Lipinski definition) is 5. The summed E-state index contributed by atoms with van der Waals surface area (Å²) in [5.74, 6) is -0.558. The number of anilines is 2. The molecular formula is C11H17N3O3. The van der Waals surface area contributed by atoms with Gasteiger partial charge in [0.05, 0.1) is 17.4 Å². The standard InChI is InChI=1S/C11H17N3O3/c1-7(3-4-17-2)14-10-5-8(11(15)16)9(12)6-13-10/h5-7H,3-4,12H2,1-2H3,(H,13,14)(H,15,16). The van der Waals surface area contributed by atoms with E-state index in [0.717, 1.165) is 6.42 Å². The van der Waals surface area contributed by atoms with Gasteiger partial charge in [0.2, 0.25) is 0 Å². The molecule has 1 unspecified atom stereocenters. The largest absolute Gasteiger partial charge is 0.478 e. The van der Waals surface area contributed by atoms with Crippen molar-refractivity contribution < 1.29 is 14.6 Å². The monoisotopic (exact) mass is 239 g/mol. The minimum Gasteiger partial charge on any atom is -0.478 e. The Kier molecular flexibility index (Phi) is 4.71. The number of carboxylic acid groups (broad SMARTS) is 1. The highest BCUT2D eigenvalue weighted by atomic mass is 16.5. The minimum absolute atomic E-state index is 0.0569. The van der Waals surface area contributed by atoms with Gasteiger partial charge in [-0.2, -0.15) is 0 Å². The van der Waals surface area contributed by atoms with Crippen LogP contribution in [0.5, 0.6) is 0 Å². The molecule has 6 nitrogen and oxygen atoms in total. The second-order valence-corrected chi connectivity index (χ2v) is 3.79. The van der Waals surface area contributed by atoms with Crippen molar-refractivity contribution >= 4 is 17.5 Å². The molecule has 1 rings (SSSR count). The number of rotatable bonds is 6. The van der Waals surface area contributed by atoms with Crippen molar-refractivity contribution in [2.45, 2.75) is 19.4 Å². The lowest BCUT2D eigenvalue weighted by Gasteiger charge is -2.14. The van der Waals surface area contributed by atoms with Crippen LogP contribution >= 0.6 is 0 Å². The second-order valence-electron chi connectivity index (χ2n) is 3.79. The van der Waals surface area contributed by atoms with Crippen molar-refractivity contribution in [2.75, 3.05) is 24.8 Å². The quantitative estimate of drug-likeness (QED) is 0.690. The second kappa shape index (κ2) is 6.05. The van der Waals surface area contributed by atoms with Crippen molar-refractivity contribution in [3.05, 3.63) is 17.8 Å². The topological polar surface area (TPSA) is 97.5 Å². The number of nitrogens with zero attached hydrogens (tertiary/aromatic N) is 1. The van der Waals surface area contributed by atoms with E-state index in [4.69, 9.17) is 15.6 Å². The minimum atomic E-state index is -1.06. The molecule has 0 aliphatic rings. The van der Waals surface area contributed by atoms with Gasteiger partial charge in [-0.15, -0.1) is 0 Å². The van der Waals surface area contributed by atoms with Crippen LogP contribution in [0.4, 0.5) is 11.5 Å². The van der Waals surface area contributed by atoms with E-state index in [1.54, 1.807) is 7.11 Å². The fourth-order valence-corrected chi connectivity index (χ4v) is 1.35. The number of aromatic nitrogens is 1. The fraction of sp³-hybridized carbons (Fsp3) is 0.455. The van der Waals surface area contributed by atoms with Crippen LogP contribution in [0.25, 0.3) is 0 Å². The van der Waals surface area contributed by atoms with Crippen molar-refractivity contribution in [2.24, 2.45) is 0 Å². The molecule has 0 radical (unpaired) electrons. The third-order valence-electron chi connectivity index (χ3n) is 2.31. The molecule has 0 aliphatic carbocycles. The zero-order valence-corrected chi connectivity index (χ0v) is 9.93. The number of nitrogen functional groups attached to an aromatic ring is 1. The smallest absolute Gasteiger partial charge is 0.337 e. The van der Waals surface area contributed by atoms with Gasteiger partial charge in [-0.3, -0.25) is 0 Å². The Labute approximate surface area is 99.8 Å². The Morgan fingerprint density at radius 1 is 1.71 bits per heavy atom. The van der Waals surface area contributed by atoms with E-state index >= 15 is 0 Å². The van der Waals surface area contributed by atoms with Crippen LogP contribution in [0.3, 0.4) is 0 Å². The molecule has 1 aromatic rings. The summed E-state index contributed by atoms with van der Waals surface area (Å²) in [5, 5.41) is 12.0. The Morgan fingerprint density at radius 2 is 2.41 bits per heavy atom. The van der Waals surface area contributed by atoms with E-state index in [0.29, 0.717) is 12.4 Å². The highest BCUT2D eigenvalue weighted by Gasteiger charge is 2.10. The third-order valence-corrected chi connectivity index (χ3v) is 2.31. The summed E-state index contributed by atoms with van der Waals surface area (Å²) in [5.41, 5.74) is 5.73. The first-order valence-corrected chi connectivity index (χ1v) is 5.29. The molecule has 0 bridgehead atoms. The van der Waals surface area contributed by atoms with Crippen LogP contribution < -0.4 is 11.1 Å². The first-order valence-electron chi connectivity index (χ1n) is 5.29. The lowest BCUT2D eigenvalue weighted by atomic mass is 10.2. The SMILES string of the molecule is COCCC(C)Nc1cc(C(=O)O)c(N)cn1. The summed E-state index contributed by atoms with van der Waals surface area (Å²) < 4.78 is 4.96. The summed E-state index contributed by atoms with van der Waals surface area (Å²) in [6.07, 6.45) is 2.15. The summed E-state index contributed by atoms with van der Waals surface area (Å²) in [6.45, 7) is 2.60. The zero-order valence-electron chi connectivity index (χ0n) is 9.93. The molecule has 6 heteroatoms. The normalized spacial score (nSPS) is 12.1. The number of hydrogen-bond donors (Lipinski definition) is 3. The van der Waals surface area contributed by atoms with Crippen molar-refractivity contribution in [1.82, 2.24) is 4.98 Å². The van der Waals surface area contributed by atoms with Gasteiger partial charge in [0.15, 0.2) is 0 Å². The van der Waals surface area contributed by atoms with E-state index in [1.165, 1.54) is 12.3 Å². The molecule has 1 aromatic heterocycles. The molecule has 0 aliphatic heterocycles. The number of nitrogens with two attached hydrogens (primary N) is 1. The lowest BCUT2D eigenvalue weighted by molar-refractivity contribution is 0.0698. The number of aromatic carboxylic acids is 1. The van der Waals surface area contributed by atoms with Gasteiger partial charge >= 0.3 is 5.97 Å². The van der Waals surface area contributed by atoms with Gasteiger partial charge in [0.25, 0.3) is 0 Å². The highest BCUT2D eigenvalue weighted by Crippen LogP contribution is 2.15. The molecule has 4 N–H and O–H groups in total. The number of nitrogens with one attached hydrogen (secondary N) is 1. The first-order chi connectivity index (χ1) is 8.04. The number of ether oxygens (including phenoxy) is 1. The molecule has 1 atom stereocenters. The number of pyridine rings is 1. The van der Waals surface area contributed by atoms with Gasteiger partial charge in [-0.05, 0) is 19.4 Å². The maximum absolute atomic E-state index is 10.9. The van der Waals surface area contributed by atoms with Crippen molar-refractivity contribution in [1.29, 1.82) is 0 Å². The predicted molar refractivity (Wildman–Crippen MR) is 65.2 cm³/mol. The Hall–Kier alpha value is -1.82. The van der Waals surface area contributed by atoms with Gasteiger partial charge in [0, 0.05) is 19.8 Å². The predicted octanol–water partition coefficient (Wildman–Crippen LogP) is 1.20. The van der Waals surface area contributed by atoms with Gasteiger partial charge < -0.3 is 20.9 Å². The molecule has 17 heavy (non-hydrogen) atoms. The van der Waals surface area contributed by atoms with Gasteiger partial charge in [-0.25, -0.2) is 9.78 Å². The van der Waals surface area contributed by atoms with E-state index < -0.39 is 5.97 Å². The molecule has 94 valence electrons. The number of carboxylic acids is 1. The van der Waals surface area contributed by atoms with E-state index in [2.05, 4.69) is 10.3 Å². The molecule has 1 heterocycles. The maximum atomic E-state index is 10.9.